The molecule has 0 aromatic carbocycles. The highest BCUT2D eigenvalue weighted by atomic mass is 16.3. The van der Waals surface area contributed by atoms with Crippen molar-refractivity contribution in [2.45, 2.75) is 26.8 Å². The summed E-state index contributed by atoms with van der Waals surface area (Å²) in [6, 6.07) is 5.52. The van der Waals surface area contributed by atoms with Crippen LogP contribution in [0.1, 0.15) is 31.8 Å². The lowest BCUT2D eigenvalue weighted by Gasteiger charge is -2.19. The first-order chi connectivity index (χ1) is 8.30. The van der Waals surface area contributed by atoms with Gasteiger partial charge in [0.15, 0.2) is 0 Å². The van der Waals surface area contributed by atoms with E-state index in [1.807, 2.05) is 12.1 Å². The van der Waals surface area contributed by atoms with Crippen LogP contribution in [0.2, 0.25) is 0 Å². The molecule has 0 amide bonds. The Hall–Kier alpha value is -1.31. The molecule has 0 atom stereocenters. The first-order valence-corrected chi connectivity index (χ1v) is 6.22. The number of nitrogens with zero attached hydrogens (tertiary/aromatic N) is 2. The molecule has 0 aliphatic rings. The molecule has 1 rings (SSSR count). The molecule has 1 N–H and O–H groups in total. The number of hydrogen-bond acceptors (Lipinski definition) is 4. The Morgan fingerprint density at radius 2 is 2.18 bits per heavy atom. The van der Waals surface area contributed by atoms with E-state index < -0.39 is 0 Å². The van der Waals surface area contributed by atoms with Gasteiger partial charge in [0.05, 0.1) is 6.54 Å². The molecule has 94 valence electrons. The summed E-state index contributed by atoms with van der Waals surface area (Å²) in [7, 11) is 0. The van der Waals surface area contributed by atoms with Crippen molar-refractivity contribution in [1.82, 2.24) is 10.2 Å². The molecule has 4 heteroatoms. The summed E-state index contributed by atoms with van der Waals surface area (Å²) < 4.78 is 5.28. The molecule has 17 heavy (non-hydrogen) atoms. The van der Waals surface area contributed by atoms with Gasteiger partial charge in [-0.15, -0.1) is 0 Å². The van der Waals surface area contributed by atoms with Gasteiger partial charge < -0.3 is 14.6 Å². The second-order valence-electron chi connectivity index (χ2n) is 3.99. The van der Waals surface area contributed by atoms with Crippen LogP contribution in [0, 0.1) is 11.3 Å². The monoisotopic (exact) mass is 235 g/mol. The highest BCUT2D eigenvalue weighted by Crippen LogP contribution is 2.05. The van der Waals surface area contributed by atoms with Crippen LogP contribution in [0.4, 0.5) is 0 Å². The second kappa shape index (κ2) is 7.88. The molecule has 0 unspecified atom stereocenters. The van der Waals surface area contributed by atoms with Crippen molar-refractivity contribution in [3.05, 3.63) is 23.7 Å². The Morgan fingerprint density at radius 3 is 2.76 bits per heavy atom. The number of nitrogens with one attached hydrogen (secondary N) is 1. The SMILES string of the molecule is CCCN(CC)CCNCc1ccc(C#N)o1. The van der Waals surface area contributed by atoms with Crippen LogP contribution < -0.4 is 5.32 Å². The fraction of sp³-hybridized carbons (Fsp3) is 0.615. The molecule has 0 saturated carbocycles. The standard InChI is InChI=1S/C13H21N3O/c1-3-8-16(4-2)9-7-15-11-13-6-5-12(10-14)17-13/h5-6,15H,3-4,7-9,11H2,1-2H3. The van der Waals surface area contributed by atoms with Crippen molar-refractivity contribution in [2.75, 3.05) is 26.2 Å². The van der Waals surface area contributed by atoms with Crippen LogP contribution >= 0.6 is 0 Å². The zero-order valence-corrected chi connectivity index (χ0v) is 10.7. The van der Waals surface area contributed by atoms with E-state index in [9.17, 15) is 0 Å². The van der Waals surface area contributed by atoms with E-state index in [2.05, 4.69) is 24.1 Å². The van der Waals surface area contributed by atoms with Crippen LogP contribution in [0.15, 0.2) is 16.5 Å². The fourth-order valence-corrected chi connectivity index (χ4v) is 1.73. The lowest BCUT2D eigenvalue weighted by atomic mass is 10.4. The molecule has 0 radical (unpaired) electrons. The van der Waals surface area contributed by atoms with Gasteiger partial charge in [0, 0.05) is 13.1 Å². The molecule has 0 saturated heterocycles. The van der Waals surface area contributed by atoms with Gasteiger partial charge in [0.2, 0.25) is 5.76 Å². The Morgan fingerprint density at radius 1 is 1.35 bits per heavy atom. The Bertz CT molecular complexity index is 354. The predicted octanol–water partition coefficient (Wildman–Crippen LogP) is 1.97. The van der Waals surface area contributed by atoms with Gasteiger partial charge >= 0.3 is 0 Å². The van der Waals surface area contributed by atoms with E-state index in [0.717, 1.165) is 31.9 Å². The summed E-state index contributed by atoms with van der Waals surface area (Å²) in [5, 5.41) is 11.9. The molecular formula is C13H21N3O. The maximum atomic E-state index is 8.62. The van der Waals surface area contributed by atoms with E-state index in [0.29, 0.717) is 12.3 Å². The van der Waals surface area contributed by atoms with Crippen molar-refractivity contribution >= 4 is 0 Å². The van der Waals surface area contributed by atoms with Gasteiger partial charge in [-0.2, -0.15) is 5.26 Å². The molecule has 0 spiro atoms. The zero-order chi connectivity index (χ0) is 12.5. The van der Waals surface area contributed by atoms with Crippen molar-refractivity contribution in [1.29, 1.82) is 5.26 Å². The molecule has 1 aromatic rings. The highest BCUT2D eigenvalue weighted by molar-refractivity contribution is 5.18. The molecule has 4 nitrogen and oxygen atoms in total. The van der Waals surface area contributed by atoms with E-state index in [1.165, 1.54) is 6.42 Å². The largest absolute Gasteiger partial charge is 0.449 e. The number of furan rings is 1. The van der Waals surface area contributed by atoms with Crippen molar-refractivity contribution < 1.29 is 4.42 Å². The first kappa shape index (κ1) is 13.8. The number of rotatable bonds is 8. The average Bonchev–Trinajstić information content (AvgIpc) is 2.81. The van der Waals surface area contributed by atoms with Crippen molar-refractivity contribution in [3.63, 3.8) is 0 Å². The third-order valence-electron chi connectivity index (χ3n) is 2.66. The highest BCUT2D eigenvalue weighted by Gasteiger charge is 2.02. The van der Waals surface area contributed by atoms with Crippen LogP contribution in [-0.2, 0) is 6.54 Å². The summed E-state index contributed by atoms with van der Waals surface area (Å²) in [6.45, 7) is 9.30. The predicted molar refractivity (Wildman–Crippen MR) is 67.5 cm³/mol. The van der Waals surface area contributed by atoms with Gasteiger partial charge in [0.25, 0.3) is 0 Å². The quantitative estimate of drug-likeness (QED) is 0.700. The summed E-state index contributed by atoms with van der Waals surface area (Å²) in [5.74, 6) is 1.20. The molecule has 0 fully saturated rings. The van der Waals surface area contributed by atoms with E-state index in [1.54, 1.807) is 6.07 Å². The van der Waals surface area contributed by atoms with Crippen molar-refractivity contribution in [2.24, 2.45) is 0 Å². The molecule has 1 aromatic heterocycles. The van der Waals surface area contributed by atoms with Crippen LogP contribution in [0.5, 0.6) is 0 Å². The zero-order valence-electron chi connectivity index (χ0n) is 10.7. The Balaban J connectivity index is 2.17. The van der Waals surface area contributed by atoms with Gasteiger partial charge in [-0.3, -0.25) is 0 Å². The van der Waals surface area contributed by atoms with Gasteiger partial charge in [-0.25, -0.2) is 0 Å². The van der Waals surface area contributed by atoms with Crippen LogP contribution in [-0.4, -0.2) is 31.1 Å². The smallest absolute Gasteiger partial charge is 0.203 e. The van der Waals surface area contributed by atoms with Crippen LogP contribution in [0.25, 0.3) is 0 Å². The second-order valence-corrected chi connectivity index (χ2v) is 3.99. The molecule has 0 aliphatic carbocycles. The Kier molecular flexibility index (Phi) is 6.38. The number of nitriles is 1. The summed E-state index contributed by atoms with van der Waals surface area (Å²) in [5.41, 5.74) is 0. The fourth-order valence-electron chi connectivity index (χ4n) is 1.73. The minimum absolute atomic E-state index is 0.378. The molecular weight excluding hydrogens is 214 g/mol. The number of hydrogen-bond donors (Lipinski definition) is 1. The van der Waals surface area contributed by atoms with E-state index in [-0.39, 0.29) is 0 Å². The number of likely N-dealkylation sites (N-methyl/N-ethyl adjacent to an activating group) is 1. The lowest BCUT2D eigenvalue weighted by molar-refractivity contribution is 0.286. The third-order valence-corrected chi connectivity index (χ3v) is 2.66. The van der Waals surface area contributed by atoms with Crippen molar-refractivity contribution in [3.8, 4) is 6.07 Å². The maximum absolute atomic E-state index is 8.62. The third kappa shape index (κ3) is 5.03. The first-order valence-electron chi connectivity index (χ1n) is 6.22. The van der Waals surface area contributed by atoms with Crippen LogP contribution in [0.3, 0.4) is 0 Å². The van der Waals surface area contributed by atoms with E-state index in [4.69, 9.17) is 9.68 Å². The average molecular weight is 235 g/mol. The van der Waals surface area contributed by atoms with Gasteiger partial charge in [-0.05, 0) is 31.6 Å². The Labute approximate surface area is 103 Å². The summed E-state index contributed by atoms with van der Waals surface area (Å²) in [4.78, 5) is 2.41. The summed E-state index contributed by atoms with van der Waals surface area (Å²) in [6.07, 6.45) is 1.19. The maximum Gasteiger partial charge on any atom is 0.203 e. The molecule has 0 aliphatic heterocycles. The topological polar surface area (TPSA) is 52.2 Å². The summed E-state index contributed by atoms with van der Waals surface area (Å²) >= 11 is 0. The minimum atomic E-state index is 0.378. The lowest BCUT2D eigenvalue weighted by Crippen LogP contribution is -2.32. The van der Waals surface area contributed by atoms with E-state index >= 15 is 0 Å². The molecule has 0 bridgehead atoms. The molecule has 1 heterocycles. The van der Waals surface area contributed by atoms with Gasteiger partial charge in [0.1, 0.15) is 11.8 Å². The van der Waals surface area contributed by atoms with Gasteiger partial charge in [-0.1, -0.05) is 13.8 Å². The minimum Gasteiger partial charge on any atom is -0.449 e. The normalized spacial score (nSPS) is 10.7.